The highest BCUT2D eigenvalue weighted by Gasteiger charge is 2.46. The Morgan fingerprint density at radius 1 is 0.855 bits per heavy atom. The second-order valence-corrected chi connectivity index (χ2v) is 20.1. The largest absolute Gasteiger partial charge is 0.481 e. The van der Waals surface area contributed by atoms with Crippen molar-refractivity contribution < 1.29 is 81.9 Å². The number of ether oxygens (including phenoxy) is 2. The molecule has 1 aliphatic carbocycles. The van der Waals surface area contributed by atoms with Gasteiger partial charge in [0.1, 0.15) is 43.4 Å². The van der Waals surface area contributed by atoms with Gasteiger partial charge in [0.05, 0.1) is 54.7 Å². The van der Waals surface area contributed by atoms with E-state index in [1.165, 1.54) is 17.6 Å². The quantitative estimate of drug-likeness (QED) is 0.0178. The molecule has 28 heteroatoms. The van der Waals surface area contributed by atoms with Gasteiger partial charge in [-0.3, -0.25) is 57.6 Å². The van der Waals surface area contributed by atoms with E-state index in [0.717, 1.165) is 12.2 Å². The Bertz CT molecular complexity index is 3440. The van der Waals surface area contributed by atoms with E-state index in [2.05, 4.69) is 37.2 Å². The molecular weight excluding hydrogens is 1090 g/mol. The van der Waals surface area contributed by atoms with Crippen molar-refractivity contribution in [1.29, 1.82) is 0 Å². The maximum atomic E-state index is 15.4. The highest BCUT2D eigenvalue weighted by atomic mass is 19.1. The van der Waals surface area contributed by atoms with Crippen molar-refractivity contribution in [3.8, 4) is 11.4 Å². The van der Waals surface area contributed by atoms with Crippen molar-refractivity contribution in [2.75, 3.05) is 32.9 Å². The van der Waals surface area contributed by atoms with E-state index in [-0.39, 0.29) is 42.6 Å². The number of hydrogen-bond donors (Lipinski definition) is 10. The lowest BCUT2D eigenvalue weighted by Gasteiger charge is -2.31. The topological polar surface area (TPSA) is 389 Å². The van der Waals surface area contributed by atoms with Gasteiger partial charge in [-0.25, -0.2) is 14.2 Å². The van der Waals surface area contributed by atoms with Crippen LogP contribution in [0.2, 0.25) is 0 Å². The number of cyclic esters (lactones) is 1. The molecule has 2 aromatic heterocycles. The van der Waals surface area contributed by atoms with Crippen molar-refractivity contribution in [3.63, 3.8) is 0 Å². The number of carbonyl (C=O) groups is 11. The maximum absolute atomic E-state index is 15.4. The summed E-state index contributed by atoms with van der Waals surface area (Å²) in [5.74, 6) is -11.0. The van der Waals surface area contributed by atoms with Gasteiger partial charge in [-0.1, -0.05) is 37.3 Å². The number of rotatable bonds is 25. The van der Waals surface area contributed by atoms with Gasteiger partial charge in [0.25, 0.3) is 17.4 Å². The molecule has 0 spiro atoms. The number of aryl methyl sites for hydroxylation is 1. The highest BCUT2D eigenvalue weighted by Crippen LogP contribution is 2.46. The van der Waals surface area contributed by atoms with Crippen molar-refractivity contribution in [3.05, 3.63) is 110 Å². The maximum Gasteiger partial charge on any atom is 0.343 e. The molecular formula is C55H59FN10O17. The van der Waals surface area contributed by atoms with Crippen LogP contribution < -0.4 is 42.8 Å². The summed E-state index contributed by atoms with van der Waals surface area (Å²) < 4.78 is 27.8. The summed E-state index contributed by atoms with van der Waals surface area (Å²) in [7, 11) is 0. The second-order valence-electron chi connectivity index (χ2n) is 20.1. The summed E-state index contributed by atoms with van der Waals surface area (Å²) in [6.07, 6.45) is 0.189. The van der Waals surface area contributed by atoms with Crippen molar-refractivity contribution in [2.45, 2.75) is 108 Å². The summed E-state index contributed by atoms with van der Waals surface area (Å²) >= 11 is 0. The number of imide groups is 1. The lowest BCUT2D eigenvalue weighted by atomic mass is 9.81. The highest BCUT2D eigenvalue weighted by molar-refractivity contribution is 6.15. The Hall–Kier alpha value is -9.28. The summed E-state index contributed by atoms with van der Waals surface area (Å²) in [6, 6.07) is 6.16. The van der Waals surface area contributed by atoms with E-state index >= 15 is 4.39 Å². The van der Waals surface area contributed by atoms with Crippen LogP contribution in [0.25, 0.3) is 22.3 Å². The van der Waals surface area contributed by atoms with Gasteiger partial charge in [-0.15, -0.1) is 0 Å². The van der Waals surface area contributed by atoms with E-state index in [1.54, 1.807) is 50.2 Å². The fraction of sp³-hybridized carbons (Fsp3) is 0.400. The van der Waals surface area contributed by atoms with E-state index < -0.39 is 158 Å². The third kappa shape index (κ3) is 12.9. The molecule has 27 nitrogen and oxygen atoms in total. The average molecular weight is 1150 g/mol. The molecule has 6 atom stereocenters. The zero-order valence-corrected chi connectivity index (χ0v) is 45.1. The molecule has 8 rings (SSSR count). The van der Waals surface area contributed by atoms with Crippen LogP contribution >= 0.6 is 0 Å². The van der Waals surface area contributed by atoms with Crippen molar-refractivity contribution in [2.24, 2.45) is 0 Å². The van der Waals surface area contributed by atoms with Crippen LogP contribution in [-0.2, 0) is 93.8 Å². The predicted octanol–water partition coefficient (Wildman–Crippen LogP) is -1.61. The van der Waals surface area contributed by atoms with Crippen LogP contribution in [0.3, 0.4) is 0 Å². The third-order valence-corrected chi connectivity index (χ3v) is 14.9. The normalized spacial score (nSPS) is 17.9. The second kappa shape index (κ2) is 25.2. The SMILES string of the molecule is CC[C@@]1(O)C(=O)OCc2c1cc1n(c2=O)Cc2c-1nc1cc(F)c(C)c3c1c2[C@@H](NC(=O)[C@H](C)OCNC(=O)CNC(=O)[C@H](Cc1ccccc1)NC(=O)CNC(=O)CNC(=O)[C@H](CNC(CCC(=O)O)C(=O)O)N1C(=O)C=CC1=O)CC3. The van der Waals surface area contributed by atoms with Crippen LogP contribution in [0.4, 0.5) is 4.39 Å². The van der Waals surface area contributed by atoms with Gasteiger partial charge in [0.15, 0.2) is 5.60 Å². The Morgan fingerprint density at radius 2 is 1.53 bits per heavy atom. The van der Waals surface area contributed by atoms with Crippen LogP contribution in [-0.4, -0.2) is 152 Å². The number of aliphatic hydroxyl groups is 1. The van der Waals surface area contributed by atoms with Crippen molar-refractivity contribution in [1.82, 2.24) is 51.7 Å². The number of aromatic nitrogens is 2. The lowest BCUT2D eigenvalue weighted by molar-refractivity contribution is -0.172. The first-order valence-electron chi connectivity index (χ1n) is 26.4. The predicted molar refractivity (Wildman–Crippen MR) is 284 cm³/mol. The van der Waals surface area contributed by atoms with E-state index in [9.17, 15) is 67.7 Å². The van der Waals surface area contributed by atoms with Gasteiger partial charge in [0, 0.05) is 54.1 Å². The zero-order chi connectivity index (χ0) is 60.0. The number of halogens is 1. The van der Waals surface area contributed by atoms with Crippen LogP contribution in [0.1, 0.15) is 84.5 Å². The fourth-order valence-electron chi connectivity index (χ4n) is 10.3. The van der Waals surface area contributed by atoms with Gasteiger partial charge < -0.3 is 66.6 Å². The smallest absolute Gasteiger partial charge is 0.343 e. The lowest BCUT2D eigenvalue weighted by Crippen LogP contribution is -2.57. The van der Waals surface area contributed by atoms with Gasteiger partial charge in [0.2, 0.25) is 35.4 Å². The first kappa shape index (κ1) is 59.8. The van der Waals surface area contributed by atoms with Crippen LogP contribution in [0, 0.1) is 12.7 Å². The molecule has 83 heavy (non-hydrogen) atoms. The molecule has 10 N–H and O–H groups in total. The minimum atomic E-state index is -2.08. The molecule has 438 valence electrons. The molecule has 3 aliphatic heterocycles. The molecule has 8 amide bonds. The number of nitrogens with one attached hydrogen (secondary N) is 7. The number of amides is 8. The van der Waals surface area contributed by atoms with E-state index in [0.29, 0.717) is 62.3 Å². The molecule has 0 saturated heterocycles. The van der Waals surface area contributed by atoms with E-state index in [1.807, 2.05) is 0 Å². The minimum Gasteiger partial charge on any atom is -0.481 e. The number of hydrogen-bond acceptors (Lipinski definition) is 17. The summed E-state index contributed by atoms with van der Waals surface area (Å²) in [5.41, 5.74) is 1.46. The first-order valence-corrected chi connectivity index (χ1v) is 26.4. The summed E-state index contributed by atoms with van der Waals surface area (Å²) in [6.45, 7) is 1.12. The Balaban J connectivity index is 0.841. The molecule has 4 aromatic rings. The van der Waals surface area contributed by atoms with Gasteiger partial charge in [-0.05, 0) is 67.9 Å². The number of carboxylic acids is 2. The third-order valence-electron chi connectivity index (χ3n) is 14.9. The standard InChI is InChI=1S/C55H59FN10O17/c1-4-55(81)32-17-38-48-30(23-65(38)52(77)31(32)24-82-54(55)80)47-34(11-10-29-26(2)33(56)18-36(63-48)46(29)47)64-49(74)27(3)83-25-61-41(68)21-59-50(75)37(16-28-8-6-5-7-9-28)62-42(69)22-58-40(67)20-60-51(76)39(66-43(70)13-14-44(66)71)19-57-35(53(78)79)12-15-45(72)73/h5-9,13-14,17-18,27,34-35,37,39,57,81H,4,10-12,15-16,19-25H2,1-3H3,(H,58,67)(H,59,75)(H,60,76)(H,61,68)(H,62,69)(H,64,74)(H,72,73)(H,78,79)/t27-,34-,35?,37-,39-,55-/m0/s1. The fourth-order valence-corrected chi connectivity index (χ4v) is 10.3. The van der Waals surface area contributed by atoms with Gasteiger partial charge >= 0.3 is 17.9 Å². The number of fused-ring (bicyclic) bond motifs is 5. The molecule has 1 unspecified atom stereocenters. The zero-order valence-electron chi connectivity index (χ0n) is 45.1. The number of aliphatic carboxylic acids is 2. The Kier molecular flexibility index (Phi) is 18.2. The van der Waals surface area contributed by atoms with Gasteiger partial charge in [-0.2, -0.15) is 0 Å². The number of carbonyl (C=O) groups excluding carboxylic acids is 9. The minimum absolute atomic E-state index is 0.0181. The molecule has 0 saturated carbocycles. The Morgan fingerprint density at radius 3 is 2.20 bits per heavy atom. The number of benzene rings is 2. The molecule has 4 aliphatic rings. The molecule has 0 bridgehead atoms. The number of carboxylic acid groups (broad SMARTS) is 2. The Labute approximate surface area is 470 Å². The monoisotopic (exact) mass is 1150 g/mol. The van der Waals surface area contributed by atoms with Crippen LogP contribution in [0.5, 0.6) is 0 Å². The van der Waals surface area contributed by atoms with E-state index in [4.69, 9.17) is 19.6 Å². The number of nitrogens with zero attached hydrogens (tertiary/aromatic N) is 3. The molecule has 0 fully saturated rings. The first-order chi connectivity index (χ1) is 39.5. The number of esters is 1. The number of pyridine rings is 2. The molecule has 2 aromatic carbocycles. The van der Waals surface area contributed by atoms with Crippen LogP contribution in [0.15, 0.2) is 59.4 Å². The van der Waals surface area contributed by atoms with Crippen molar-refractivity contribution >= 4 is 76.1 Å². The summed E-state index contributed by atoms with van der Waals surface area (Å²) in [5, 5.41) is 47.9. The molecule has 0 radical (unpaired) electrons. The average Bonchev–Trinajstić information content (AvgIpc) is 3.80. The summed E-state index contributed by atoms with van der Waals surface area (Å²) in [4.78, 5) is 159. The molecule has 5 heterocycles.